The number of halogens is 1. The van der Waals surface area contributed by atoms with Gasteiger partial charge in [-0.2, -0.15) is 0 Å². The van der Waals surface area contributed by atoms with Crippen LogP contribution in [0, 0.1) is 4.91 Å². The van der Waals surface area contributed by atoms with E-state index in [1.807, 2.05) is 6.07 Å². The van der Waals surface area contributed by atoms with Crippen molar-refractivity contribution in [2.45, 2.75) is 0 Å². The summed E-state index contributed by atoms with van der Waals surface area (Å²) >= 11 is 3.47. The van der Waals surface area contributed by atoms with E-state index in [4.69, 9.17) is 4.74 Å². The first kappa shape index (κ1) is 12.3. The minimum Gasteiger partial charge on any atom is -0.497 e. The zero-order valence-corrected chi connectivity index (χ0v) is 11.2. The van der Waals surface area contributed by atoms with Gasteiger partial charge in [0, 0.05) is 36.7 Å². The van der Waals surface area contributed by atoms with Gasteiger partial charge in [0.2, 0.25) is 0 Å². The maximum Gasteiger partial charge on any atom is 0.136 e. The van der Waals surface area contributed by atoms with E-state index in [2.05, 4.69) is 31.3 Å². The number of rotatable bonds is 3. The lowest BCUT2D eigenvalue weighted by Gasteiger charge is -2.30. The summed E-state index contributed by atoms with van der Waals surface area (Å²) in [4.78, 5) is 13.1. The van der Waals surface area contributed by atoms with E-state index < -0.39 is 0 Å². The number of benzene rings is 1. The number of nitrogens with one attached hydrogen (secondary N) is 1. The van der Waals surface area contributed by atoms with Crippen LogP contribution >= 0.6 is 15.9 Å². The Hall–Kier alpha value is -1.14. The number of hydrogen-bond acceptors (Lipinski definition) is 5. The van der Waals surface area contributed by atoms with Crippen LogP contribution in [0.4, 0.5) is 11.4 Å². The second-order valence-electron chi connectivity index (χ2n) is 3.81. The topological polar surface area (TPSA) is 53.9 Å². The highest BCUT2D eigenvalue weighted by Gasteiger charge is 2.19. The Morgan fingerprint density at radius 3 is 2.71 bits per heavy atom. The first-order valence-electron chi connectivity index (χ1n) is 5.43. The molecule has 0 atom stereocenters. The van der Waals surface area contributed by atoms with E-state index in [0.29, 0.717) is 11.4 Å². The predicted molar refractivity (Wildman–Crippen MR) is 71.2 cm³/mol. The van der Waals surface area contributed by atoms with Gasteiger partial charge >= 0.3 is 0 Å². The Kier molecular flexibility index (Phi) is 3.96. The maximum atomic E-state index is 10.9. The van der Waals surface area contributed by atoms with Crippen LogP contribution in [0.2, 0.25) is 0 Å². The molecule has 0 bridgehead atoms. The van der Waals surface area contributed by atoms with Crippen molar-refractivity contribution < 1.29 is 4.74 Å². The molecule has 1 heterocycles. The van der Waals surface area contributed by atoms with Gasteiger partial charge in [-0.25, -0.2) is 0 Å². The average Bonchev–Trinajstić information content (AvgIpc) is 2.38. The molecule has 1 saturated heterocycles. The molecule has 5 nitrogen and oxygen atoms in total. The normalized spacial score (nSPS) is 15.8. The Morgan fingerprint density at radius 2 is 2.12 bits per heavy atom. The number of methoxy groups -OCH3 is 1. The van der Waals surface area contributed by atoms with Gasteiger partial charge in [-0.05, 0) is 27.2 Å². The highest BCUT2D eigenvalue weighted by molar-refractivity contribution is 9.10. The summed E-state index contributed by atoms with van der Waals surface area (Å²) in [5.74, 6) is 0.630. The van der Waals surface area contributed by atoms with Gasteiger partial charge in [0.15, 0.2) is 0 Å². The Morgan fingerprint density at radius 1 is 1.41 bits per heavy atom. The first-order valence-corrected chi connectivity index (χ1v) is 6.22. The van der Waals surface area contributed by atoms with Crippen molar-refractivity contribution in [1.82, 2.24) is 5.32 Å². The molecule has 0 amide bonds. The predicted octanol–water partition coefficient (Wildman–Crippen LogP) is 2.27. The molecule has 0 aromatic heterocycles. The molecule has 92 valence electrons. The number of hydrogen-bond donors (Lipinski definition) is 1. The summed E-state index contributed by atoms with van der Waals surface area (Å²) in [6.07, 6.45) is 0. The number of nitrogens with zero attached hydrogens (tertiary/aromatic N) is 2. The number of nitroso groups, excluding NO2 is 1. The fourth-order valence-electron chi connectivity index (χ4n) is 1.95. The molecule has 1 aromatic carbocycles. The lowest BCUT2D eigenvalue weighted by molar-refractivity contribution is 0.414. The van der Waals surface area contributed by atoms with E-state index in [-0.39, 0.29) is 0 Å². The van der Waals surface area contributed by atoms with E-state index in [1.54, 1.807) is 13.2 Å². The molecule has 1 aliphatic rings. The summed E-state index contributed by atoms with van der Waals surface area (Å²) in [5, 5.41) is 6.37. The summed E-state index contributed by atoms with van der Waals surface area (Å²) in [6, 6.07) is 3.52. The van der Waals surface area contributed by atoms with Gasteiger partial charge in [0.05, 0.1) is 12.8 Å². The van der Waals surface area contributed by atoms with Gasteiger partial charge in [-0.15, -0.1) is 4.91 Å². The van der Waals surface area contributed by atoms with Gasteiger partial charge in [-0.3, -0.25) is 0 Å². The molecule has 0 unspecified atom stereocenters. The fourth-order valence-corrected chi connectivity index (χ4v) is 2.63. The quantitative estimate of drug-likeness (QED) is 0.870. The van der Waals surface area contributed by atoms with Gasteiger partial charge in [0.1, 0.15) is 11.4 Å². The SMILES string of the molecule is COc1cc(Br)c(N2CCNCC2)c(N=O)c1. The molecule has 1 aromatic rings. The lowest BCUT2D eigenvalue weighted by atomic mass is 10.2. The van der Waals surface area contributed by atoms with Gasteiger partial charge in [-0.1, -0.05) is 0 Å². The Balaban J connectivity index is 2.40. The number of anilines is 1. The molecule has 0 spiro atoms. The second kappa shape index (κ2) is 5.46. The van der Waals surface area contributed by atoms with Crippen LogP contribution in [0.25, 0.3) is 0 Å². The van der Waals surface area contributed by atoms with Crippen LogP contribution in [-0.4, -0.2) is 33.3 Å². The average molecular weight is 300 g/mol. The minimum absolute atomic E-state index is 0.415. The van der Waals surface area contributed by atoms with E-state index in [1.165, 1.54) is 0 Å². The molecule has 6 heteroatoms. The van der Waals surface area contributed by atoms with Crippen LogP contribution in [-0.2, 0) is 0 Å². The summed E-state index contributed by atoms with van der Waals surface area (Å²) < 4.78 is 5.96. The van der Waals surface area contributed by atoms with Gasteiger partial charge in [0.25, 0.3) is 0 Å². The van der Waals surface area contributed by atoms with Crippen LogP contribution in [0.1, 0.15) is 0 Å². The fraction of sp³-hybridized carbons (Fsp3) is 0.455. The summed E-state index contributed by atoms with van der Waals surface area (Å²) in [7, 11) is 1.57. The summed E-state index contributed by atoms with van der Waals surface area (Å²) in [5.41, 5.74) is 1.26. The second-order valence-corrected chi connectivity index (χ2v) is 4.66. The third-order valence-corrected chi connectivity index (χ3v) is 3.39. The standard InChI is InChI=1S/C11H14BrN3O2/c1-17-8-6-9(12)11(10(7-8)14-16)15-4-2-13-3-5-15/h6-7,13H,2-5H2,1H3. The van der Waals surface area contributed by atoms with E-state index in [0.717, 1.165) is 36.3 Å². The number of piperazine rings is 1. The first-order chi connectivity index (χ1) is 8.26. The zero-order valence-electron chi connectivity index (χ0n) is 9.57. The monoisotopic (exact) mass is 299 g/mol. The van der Waals surface area contributed by atoms with Crippen LogP contribution in [0.3, 0.4) is 0 Å². The van der Waals surface area contributed by atoms with Gasteiger partial charge < -0.3 is 15.0 Å². The van der Waals surface area contributed by atoms with Crippen molar-refractivity contribution in [2.75, 3.05) is 38.2 Å². The molecule has 1 fully saturated rings. The highest BCUT2D eigenvalue weighted by Crippen LogP contribution is 2.39. The Labute approximate surface area is 108 Å². The molecular weight excluding hydrogens is 286 g/mol. The van der Waals surface area contributed by atoms with Crippen molar-refractivity contribution >= 4 is 27.3 Å². The molecule has 2 rings (SSSR count). The molecular formula is C11H14BrN3O2. The number of ether oxygens (including phenoxy) is 1. The van der Waals surface area contributed by atoms with Crippen molar-refractivity contribution in [3.63, 3.8) is 0 Å². The molecule has 1 aliphatic heterocycles. The largest absolute Gasteiger partial charge is 0.497 e. The third-order valence-electron chi connectivity index (χ3n) is 2.78. The summed E-state index contributed by atoms with van der Waals surface area (Å²) in [6.45, 7) is 3.56. The van der Waals surface area contributed by atoms with Crippen LogP contribution in [0.5, 0.6) is 5.75 Å². The molecule has 17 heavy (non-hydrogen) atoms. The van der Waals surface area contributed by atoms with E-state index >= 15 is 0 Å². The van der Waals surface area contributed by atoms with Crippen molar-refractivity contribution in [1.29, 1.82) is 0 Å². The molecule has 1 N–H and O–H groups in total. The molecule has 0 aliphatic carbocycles. The van der Waals surface area contributed by atoms with Crippen LogP contribution < -0.4 is 15.0 Å². The molecule has 0 radical (unpaired) electrons. The lowest BCUT2D eigenvalue weighted by Crippen LogP contribution is -2.43. The van der Waals surface area contributed by atoms with E-state index in [9.17, 15) is 4.91 Å². The van der Waals surface area contributed by atoms with Crippen molar-refractivity contribution in [3.05, 3.63) is 21.5 Å². The smallest absolute Gasteiger partial charge is 0.136 e. The Bertz CT molecular complexity index is 419. The highest BCUT2D eigenvalue weighted by atomic mass is 79.9. The third kappa shape index (κ3) is 2.58. The minimum atomic E-state index is 0.415. The van der Waals surface area contributed by atoms with Crippen molar-refractivity contribution in [2.24, 2.45) is 5.18 Å². The molecule has 0 saturated carbocycles. The zero-order chi connectivity index (χ0) is 12.3. The van der Waals surface area contributed by atoms with Crippen molar-refractivity contribution in [3.8, 4) is 5.75 Å². The maximum absolute atomic E-state index is 10.9. The van der Waals surface area contributed by atoms with Crippen LogP contribution in [0.15, 0.2) is 21.8 Å².